The minimum Gasteiger partial charge on any atom is -0.353 e. The van der Waals surface area contributed by atoms with E-state index in [0.29, 0.717) is 12.5 Å². The van der Waals surface area contributed by atoms with Crippen molar-refractivity contribution in [1.82, 2.24) is 20.4 Å². The van der Waals surface area contributed by atoms with Crippen LogP contribution >= 0.6 is 11.3 Å². The van der Waals surface area contributed by atoms with Crippen molar-refractivity contribution in [2.75, 3.05) is 31.1 Å². The van der Waals surface area contributed by atoms with Crippen LogP contribution in [0, 0.1) is 6.92 Å². The molecule has 2 aliphatic rings. The molecule has 0 unspecified atom stereocenters. The second-order valence-corrected chi connectivity index (χ2v) is 8.93. The first-order chi connectivity index (χ1) is 13.7. The molecule has 1 aromatic heterocycles. The second kappa shape index (κ2) is 9.01. The molecule has 1 aliphatic carbocycles. The number of carbonyl (C=O) groups is 1. The predicted molar refractivity (Wildman–Crippen MR) is 113 cm³/mol. The number of piperazine rings is 1. The van der Waals surface area contributed by atoms with Crippen molar-refractivity contribution >= 4 is 22.4 Å². The fourth-order valence-electron chi connectivity index (χ4n) is 4.06. The lowest BCUT2D eigenvalue weighted by molar-refractivity contribution is -0.121. The van der Waals surface area contributed by atoms with Crippen LogP contribution in [0.5, 0.6) is 0 Å². The quantitative estimate of drug-likeness (QED) is 0.809. The highest BCUT2D eigenvalue weighted by Crippen LogP contribution is 2.23. The number of carbonyl (C=O) groups excluding carboxylic acids is 1. The summed E-state index contributed by atoms with van der Waals surface area (Å²) in [6, 6.07) is 8.97. The summed E-state index contributed by atoms with van der Waals surface area (Å²) in [6.45, 7) is 7.13. The topological polar surface area (TPSA) is 61.4 Å². The Morgan fingerprint density at radius 3 is 2.64 bits per heavy atom. The van der Waals surface area contributed by atoms with E-state index in [0.717, 1.165) is 55.7 Å². The average Bonchev–Trinajstić information content (AvgIpc) is 3.36. The summed E-state index contributed by atoms with van der Waals surface area (Å²) < 4.78 is 0. The Kier molecular flexibility index (Phi) is 6.22. The SMILES string of the molecule is Cc1ccccc1CN1CCN(c2nnc(CC(=O)NC3CCCC3)s2)CC1. The molecule has 0 spiro atoms. The van der Waals surface area contributed by atoms with E-state index in [1.54, 1.807) is 11.3 Å². The third-order valence-corrected chi connectivity index (χ3v) is 6.77. The molecule has 2 aromatic rings. The molecule has 1 amide bonds. The van der Waals surface area contributed by atoms with Gasteiger partial charge in [0.1, 0.15) is 5.01 Å². The van der Waals surface area contributed by atoms with Crippen LogP contribution in [-0.4, -0.2) is 53.2 Å². The molecule has 2 heterocycles. The maximum Gasteiger partial charge on any atom is 0.227 e. The summed E-state index contributed by atoms with van der Waals surface area (Å²) in [7, 11) is 0. The van der Waals surface area contributed by atoms with Gasteiger partial charge in [0.2, 0.25) is 11.0 Å². The summed E-state index contributed by atoms with van der Waals surface area (Å²) in [5.74, 6) is 0.0812. The molecular weight excluding hydrogens is 370 g/mol. The van der Waals surface area contributed by atoms with Crippen molar-refractivity contribution in [2.45, 2.75) is 51.6 Å². The number of nitrogens with one attached hydrogen (secondary N) is 1. The van der Waals surface area contributed by atoms with Gasteiger partial charge in [-0.2, -0.15) is 0 Å². The van der Waals surface area contributed by atoms with Gasteiger partial charge in [0, 0.05) is 38.8 Å². The zero-order chi connectivity index (χ0) is 19.3. The second-order valence-electron chi connectivity index (χ2n) is 7.89. The van der Waals surface area contributed by atoms with Crippen LogP contribution in [-0.2, 0) is 17.8 Å². The molecule has 150 valence electrons. The molecule has 2 fully saturated rings. The number of hydrogen-bond donors (Lipinski definition) is 1. The molecule has 0 atom stereocenters. The summed E-state index contributed by atoms with van der Waals surface area (Å²) >= 11 is 1.56. The number of aromatic nitrogens is 2. The van der Waals surface area contributed by atoms with Gasteiger partial charge in [-0.25, -0.2) is 0 Å². The van der Waals surface area contributed by atoms with E-state index in [4.69, 9.17) is 0 Å². The van der Waals surface area contributed by atoms with E-state index in [1.165, 1.54) is 24.0 Å². The minimum absolute atomic E-state index is 0.0812. The van der Waals surface area contributed by atoms with Crippen LogP contribution in [0.15, 0.2) is 24.3 Å². The molecule has 1 aromatic carbocycles. The number of aryl methyl sites for hydroxylation is 1. The molecule has 4 rings (SSSR count). The van der Waals surface area contributed by atoms with E-state index in [9.17, 15) is 4.79 Å². The van der Waals surface area contributed by atoms with Crippen molar-refractivity contribution in [2.24, 2.45) is 0 Å². The van der Waals surface area contributed by atoms with Crippen LogP contribution in [0.2, 0.25) is 0 Å². The van der Waals surface area contributed by atoms with Crippen molar-refractivity contribution in [3.63, 3.8) is 0 Å². The first-order valence-corrected chi connectivity index (χ1v) is 11.1. The highest BCUT2D eigenvalue weighted by molar-refractivity contribution is 7.15. The molecule has 6 nitrogen and oxygen atoms in total. The third kappa shape index (κ3) is 4.89. The van der Waals surface area contributed by atoms with Gasteiger partial charge in [-0.1, -0.05) is 48.4 Å². The van der Waals surface area contributed by atoms with Crippen LogP contribution in [0.25, 0.3) is 0 Å². The summed E-state index contributed by atoms with van der Waals surface area (Å²) in [6.07, 6.45) is 5.02. The van der Waals surface area contributed by atoms with Gasteiger partial charge in [0.25, 0.3) is 0 Å². The number of benzene rings is 1. The summed E-state index contributed by atoms with van der Waals surface area (Å²) in [5.41, 5.74) is 2.76. The van der Waals surface area contributed by atoms with Crippen LogP contribution < -0.4 is 10.2 Å². The predicted octanol–water partition coefficient (Wildman–Crippen LogP) is 2.77. The zero-order valence-corrected chi connectivity index (χ0v) is 17.4. The monoisotopic (exact) mass is 399 g/mol. The maximum atomic E-state index is 12.2. The van der Waals surface area contributed by atoms with Crippen molar-refractivity contribution in [3.8, 4) is 0 Å². The first kappa shape index (κ1) is 19.3. The third-order valence-electron chi connectivity index (χ3n) is 5.79. The number of amides is 1. The molecule has 1 aliphatic heterocycles. The Morgan fingerprint density at radius 1 is 1.14 bits per heavy atom. The number of anilines is 1. The number of rotatable bonds is 6. The van der Waals surface area contributed by atoms with Gasteiger partial charge in [-0.3, -0.25) is 9.69 Å². The molecule has 28 heavy (non-hydrogen) atoms. The van der Waals surface area contributed by atoms with E-state index in [-0.39, 0.29) is 5.91 Å². The van der Waals surface area contributed by atoms with Gasteiger partial charge >= 0.3 is 0 Å². The highest BCUT2D eigenvalue weighted by atomic mass is 32.1. The minimum atomic E-state index is 0.0812. The normalized spacial score (nSPS) is 18.5. The lowest BCUT2D eigenvalue weighted by atomic mass is 10.1. The molecule has 1 saturated heterocycles. The van der Waals surface area contributed by atoms with E-state index >= 15 is 0 Å². The largest absolute Gasteiger partial charge is 0.353 e. The fraction of sp³-hybridized carbons (Fsp3) is 0.571. The smallest absolute Gasteiger partial charge is 0.227 e. The zero-order valence-electron chi connectivity index (χ0n) is 16.6. The Morgan fingerprint density at radius 2 is 1.89 bits per heavy atom. The molecule has 7 heteroatoms. The molecule has 0 bridgehead atoms. The van der Waals surface area contributed by atoms with E-state index < -0.39 is 0 Å². The van der Waals surface area contributed by atoms with Gasteiger partial charge in [0.15, 0.2) is 0 Å². The maximum absolute atomic E-state index is 12.2. The number of hydrogen-bond acceptors (Lipinski definition) is 6. The lowest BCUT2D eigenvalue weighted by Gasteiger charge is -2.34. The summed E-state index contributed by atoms with van der Waals surface area (Å²) in [5, 5.41) is 13.5. The molecule has 1 N–H and O–H groups in total. The van der Waals surface area contributed by atoms with Crippen LogP contribution in [0.4, 0.5) is 5.13 Å². The van der Waals surface area contributed by atoms with Gasteiger partial charge in [-0.15, -0.1) is 10.2 Å². The Balaban J connectivity index is 1.26. The van der Waals surface area contributed by atoms with E-state index in [2.05, 4.69) is 56.5 Å². The standard InChI is InChI=1S/C21H29N5OS/c1-16-6-2-3-7-17(16)15-25-10-12-26(13-11-25)21-24-23-20(28-21)14-19(27)22-18-8-4-5-9-18/h2-3,6-7,18H,4-5,8-15H2,1H3,(H,22,27). The van der Waals surface area contributed by atoms with Gasteiger partial charge in [0.05, 0.1) is 6.42 Å². The Labute approximate surface area is 171 Å². The van der Waals surface area contributed by atoms with Crippen molar-refractivity contribution < 1.29 is 4.79 Å². The summed E-state index contributed by atoms with van der Waals surface area (Å²) in [4.78, 5) is 17.0. The van der Waals surface area contributed by atoms with Crippen molar-refractivity contribution in [3.05, 3.63) is 40.4 Å². The van der Waals surface area contributed by atoms with Crippen LogP contribution in [0.1, 0.15) is 41.8 Å². The van der Waals surface area contributed by atoms with Gasteiger partial charge in [-0.05, 0) is 30.9 Å². The van der Waals surface area contributed by atoms with Gasteiger partial charge < -0.3 is 10.2 Å². The van der Waals surface area contributed by atoms with Crippen LogP contribution in [0.3, 0.4) is 0 Å². The highest BCUT2D eigenvalue weighted by Gasteiger charge is 2.22. The lowest BCUT2D eigenvalue weighted by Crippen LogP contribution is -2.46. The molecular formula is C21H29N5OS. The number of nitrogens with zero attached hydrogens (tertiary/aromatic N) is 4. The molecule has 0 radical (unpaired) electrons. The Bertz CT molecular complexity index is 794. The first-order valence-electron chi connectivity index (χ1n) is 10.3. The van der Waals surface area contributed by atoms with E-state index in [1.807, 2.05) is 0 Å². The average molecular weight is 400 g/mol. The van der Waals surface area contributed by atoms with Crippen molar-refractivity contribution in [1.29, 1.82) is 0 Å². The fourth-order valence-corrected chi connectivity index (χ4v) is 4.94. The Hall–Kier alpha value is -1.99. The molecule has 1 saturated carbocycles.